The van der Waals surface area contributed by atoms with Crippen LogP contribution in [0.2, 0.25) is 0 Å². The summed E-state index contributed by atoms with van der Waals surface area (Å²) in [7, 11) is -2.89. The van der Waals surface area contributed by atoms with Gasteiger partial charge in [-0.1, -0.05) is 13.8 Å². The minimum atomic E-state index is -4.28. The molecule has 38 heavy (non-hydrogen) atoms. The summed E-state index contributed by atoms with van der Waals surface area (Å²) in [6.07, 6.45) is 0. The highest BCUT2D eigenvalue weighted by atomic mass is 32.2. The van der Waals surface area contributed by atoms with Gasteiger partial charge in [-0.25, -0.2) is 17.5 Å². The summed E-state index contributed by atoms with van der Waals surface area (Å²) in [6, 6.07) is 8.30. The molecule has 1 heterocycles. The number of ether oxygens (including phenoxy) is 2. The topological polar surface area (TPSA) is 155 Å². The third-order valence-electron chi connectivity index (χ3n) is 5.26. The maximum Gasteiger partial charge on any atom is 0.272 e. The van der Waals surface area contributed by atoms with Gasteiger partial charge in [-0.15, -0.1) is 0 Å². The Morgan fingerprint density at radius 3 is 2.50 bits per heavy atom. The van der Waals surface area contributed by atoms with Crippen LogP contribution in [0.15, 0.2) is 47.4 Å². The Labute approximate surface area is 219 Å². The lowest BCUT2D eigenvalue weighted by Crippen LogP contribution is -2.28. The number of amides is 1. The van der Waals surface area contributed by atoms with Crippen LogP contribution in [-0.2, 0) is 14.8 Å². The molecule has 204 valence electrons. The van der Waals surface area contributed by atoms with Crippen molar-refractivity contribution >= 4 is 21.6 Å². The van der Waals surface area contributed by atoms with Crippen molar-refractivity contribution < 1.29 is 32.0 Å². The van der Waals surface area contributed by atoms with Crippen LogP contribution in [0, 0.1) is 28.8 Å². The van der Waals surface area contributed by atoms with Crippen molar-refractivity contribution in [1.29, 1.82) is 0 Å². The highest BCUT2D eigenvalue weighted by Gasteiger charge is 2.28. The number of nitro groups is 1. The molecule has 0 spiro atoms. The summed E-state index contributed by atoms with van der Waals surface area (Å²) in [6.45, 7) is 5.77. The first kappa shape index (κ1) is 28.7. The lowest BCUT2D eigenvalue weighted by atomic mass is 10.2. The van der Waals surface area contributed by atoms with Gasteiger partial charge in [0.25, 0.3) is 11.6 Å². The second-order valence-corrected chi connectivity index (χ2v) is 10.4. The van der Waals surface area contributed by atoms with Crippen LogP contribution >= 0.6 is 0 Å². The molecule has 0 atom stereocenters. The van der Waals surface area contributed by atoms with E-state index in [0.717, 1.165) is 18.2 Å². The van der Waals surface area contributed by atoms with E-state index in [-0.39, 0.29) is 42.0 Å². The van der Waals surface area contributed by atoms with Crippen molar-refractivity contribution in [3.05, 3.63) is 69.7 Å². The van der Waals surface area contributed by atoms with Gasteiger partial charge in [-0.3, -0.25) is 14.9 Å². The Bertz CT molecular complexity index is 1420. The van der Waals surface area contributed by atoms with Crippen LogP contribution in [0.3, 0.4) is 0 Å². The molecular formula is C24H28FN5O7S. The van der Waals surface area contributed by atoms with E-state index in [2.05, 4.69) is 15.1 Å². The van der Waals surface area contributed by atoms with Crippen molar-refractivity contribution in [2.45, 2.75) is 25.7 Å². The van der Waals surface area contributed by atoms with E-state index in [0.29, 0.717) is 12.2 Å². The first-order valence-electron chi connectivity index (χ1n) is 11.5. The van der Waals surface area contributed by atoms with Gasteiger partial charge in [0.15, 0.2) is 5.69 Å². The number of carbonyl (C=O) groups is 1. The molecule has 0 saturated heterocycles. The monoisotopic (exact) mass is 549 g/mol. The van der Waals surface area contributed by atoms with E-state index in [9.17, 15) is 27.7 Å². The SMILES string of the molecule is COCCNS(=O)(=O)c1cc([N+](=O)[O-])ccc1Oc1c(C)c(C(=O)NCC(C)C)nn1-c1ccc(F)cc1. The number of non-ortho nitro benzene ring substituents is 1. The van der Waals surface area contributed by atoms with Gasteiger partial charge in [-0.05, 0) is 43.2 Å². The van der Waals surface area contributed by atoms with Crippen LogP contribution in [-0.4, -0.2) is 55.8 Å². The smallest absolute Gasteiger partial charge is 0.272 e. The molecule has 0 radical (unpaired) electrons. The van der Waals surface area contributed by atoms with E-state index in [1.54, 1.807) is 6.92 Å². The number of nitrogens with zero attached hydrogens (tertiary/aromatic N) is 3. The van der Waals surface area contributed by atoms with Crippen molar-refractivity contribution in [2.24, 2.45) is 5.92 Å². The van der Waals surface area contributed by atoms with Crippen molar-refractivity contribution in [3.63, 3.8) is 0 Å². The molecule has 2 N–H and O–H groups in total. The largest absolute Gasteiger partial charge is 0.437 e. The molecule has 0 aliphatic heterocycles. The first-order chi connectivity index (χ1) is 17.9. The minimum absolute atomic E-state index is 0.00881. The number of methoxy groups -OCH3 is 1. The van der Waals surface area contributed by atoms with Crippen LogP contribution in [0.25, 0.3) is 5.69 Å². The number of hydrogen-bond donors (Lipinski definition) is 2. The van der Waals surface area contributed by atoms with E-state index < -0.39 is 37.3 Å². The number of nitrogens with one attached hydrogen (secondary N) is 2. The quantitative estimate of drug-likeness (QED) is 0.198. The van der Waals surface area contributed by atoms with Gasteiger partial charge in [0.2, 0.25) is 15.9 Å². The van der Waals surface area contributed by atoms with Crippen LogP contribution in [0.4, 0.5) is 10.1 Å². The Morgan fingerprint density at radius 1 is 1.21 bits per heavy atom. The zero-order chi connectivity index (χ0) is 28.0. The molecule has 3 aromatic rings. The molecule has 0 aliphatic rings. The van der Waals surface area contributed by atoms with Crippen molar-refractivity contribution in [2.75, 3.05) is 26.8 Å². The fourth-order valence-electron chi connectivity index (χ4n) is 3.32. The Morgan fingerprint density at radius 2 is 1.89 bits per heavy atom. The maximum absolute atomic E-state index is 13.6. The standard InChI is InChI=1S/C24H28FN5O7S/c1-15(2)14-26-23(31)22-16(3)24(29(28-22)18-7-5-17(25)6-8-18)37-20-10-9-19(30(32)33)13-21(20)38(34,35)27-11-12-36-4/h5-10,13,15,27H,11-12,14H2,1-4H3,(H,26,31). The van der Waals surface area contributed by atoms with Crippen molar-refractivity contribution in [1.82, 2.24) is 19.8 Å². The number of carbonyl (C=O) groups excluding carboxylic acids is 1. The summed E-state index contributed by atoms with van der Waals surface area (Å²) in [5.74, 6) is -1.09. The molecule has 1 aromatic heterocycles. The van der Waals surface area contributed by atoms with E-state index in [1.165, 1.54) is 36.1 Å². The highest BCUT2D eigenvalue weighted by Crippen LogP contribution is 2.35. The molecule has 14 heteroatoms. The fourth-order valence-corrected chi connectivity index (χ4v) is 4.48. The number of sulfonamides is 1. The molecule has 0 bridgehead atoms. The van der Waals surface area contributed by atoms with Crippen LogP contribution < -0.4 is 14.8 Å². The molecular weight excluding hydrogens is 521 g/mol. The number of benzene rings is 2. The maximum atomic E-state index is 13.6. The number of nitro benzene ring substituents is 1. The molecule has 12 nitrogen and oxygen atoms in total. The molecule has 2 aromatic carbocycles. The second-order valence-electron chi connectivity index (χ2n) is 8.65. The predicted octanol–water partition coefficient (Wildman–Crippen LogP) is 3.33. The number of halogens is 1. The predicted molar refractivity (Wildman–Crippen MR) is 136 cm³/mol. The fraction of sp³-hybridized carbons (Fsp3) is 0.333. The number of aromatic nitrogens is 2. The highest BCUT2D eigenvalue weighted by molar-refractivity contribution is 7.89. The van der Waals surface area contributed by atoms with E-state index in [1.807, 2.05) is 13.8 Å². The summed E-state index contributed by atoms with van der Waals surface area (Å²) in [5.41, 5.74) is 0.137. The lowest BCUT2D eigenvalue weighted by Gasteiger charge is -2.14. The number of rotatable bonds is 12. The average Bonchev–Trinajstić information content (AvgIpc) is 3.19. The lowest BCUT2D eigenvalue weighted by molar-refractivity contribution is -0.385. The number of hydrogen-bond acceptors (Lipinski definition) is 8. The molecule has 1 amide bonds. The van der Waals surface area contributed by atoms with Crippen molar-refractivity contribution in [3.8, 4) is 17.3 Å². The third kappa shape index (κ3) is 6.70. The molecule has 3 rings (SSSR count). The third-order valence-corrected chi connectivity index (χ3v) is 6.74. The van der Waals surface area contributed by atoms with Crippen LogP contribution in [0.1, 0.15) is 29.9 Å². The molecule has 0 fully saturated rings. The zero-order valence-electron chi connectivity index (χ0n) is 21.2. The van der Waals surface area contributed by atoms with Crippen LogP contribution in [0.5, 0.6) is 11.6 Å². The zero-order valence-corrected chi connectivity index (χ0v) is 22.0. The Kier molecular flexibility index (Phi) is 9.14. The van der Waals surface area contributed by atoms with E-state index >= 15 is 0 Å². The van der Waals surface area contributed by atoms with Gasteiger partial charge in [0.05, 0.1) is 17.2 Å². The van der Waals surface area contributed by atoms with Gasteiger partial charge in [0.1, 0.15) is 16.5 Å². The minimum Gasteiger partial charge on any atom is -0.437 e. The summed E-state index contributed by atoms with van der Waals surface area (Å²) in [5, 5.41) is 18.5. The van der Waals surface area contributed by atoms with Gasteiger partial charge in [0, 0.05) is 37.9 Å². The molecule has 0 unspecified atom stereocenters. The first-order valence-corrected chi connectivity index (χ1v) is 13.0. The van der Waals surface area contributed by atoms with Gasteiger partial charge >= 0.3 is 0 Å². The van der Waals surface area contributed by atoms with E-state index in [4.69, 9.17) is 9.47 Å². The Hall–Kier alpha value is -3.88. The molecule has 0 aliphatic carbocycles. The summed E-state index contributed by atoms with van der Waals surface area (Å²) < 4.78 is 54.1. The second kappa shape index (κ2) is 12.1. The average molecular weight is 550 g/mol. The Balaban J connectivity index is 2.14. The molecule has 0 saturated carbocycles. The van der Waals surface area contributed by atoms with Gasteiger partial charge < -0.3 is 14.8 Å². The van der Waals surface area contributed by atoms with Gasteiger partial charge in [-0.2, -0.15) is 9.78 Å². The normalized spacial score (nSPS) is 11.5. The summed E-state index contributed by atoms with van der Waals surface area (Å²) >= 11 is 0. The summed E-state index contributed by atoms with van der Waals surface area (Å²) in [4.78, 5) is 23.0.